The first kappa shape index (κ1) is 11.2. The van der Waals surface area contributed by atoms with Crippen LogP contribution in [0.4, 0.5) is 0 Å². The Morgan fingerprint density at radius 2 is 2.00 bits per heavy atom. The number of hydrogen-bond acceptors (Lipinski definition) is 2. The van der Waals surface area contributed by atoms with Crippen LogP contribution in [0.5, 0.6) is 0 Å². The SMILES string of the molecule is CC(C)CC(O)C(C)c1ccccn1. The van der Waals surface area contributed by atoms with Crippen LogP contribution in [0, 0.1) is 5.92 Å². The van der Waals surface area contributed by atoms with Crippen molar-refractivity contribution in [3.63, 3.8) is 0 Å². The Balaban J connectivity index is 2.61. The summed E-state index contributed by atoms with van der Waals surface area (Å²) in [6, 6.07) is 5.82. The predicted molar refractivity (Wildman–Crippen MR) is 58.1 cm³/mol. The van der Waals surface area contributed by atoms with Gasteiger partial charge in [0.2, 0.25) is 0 Å². The summed E-state index contributed by atoms with van der Waals surface area (Å²) in [6.45, 7) is 6.26. The standard InChI is InChI=1S/C12H19NO/c1-9(2)8-12(14)10(3)11-6-4-5-7-13-11/h4-7,9-10,12,14H,8H2,1-3H3. The van der Waals surface area contributed by atoms with Gasteiger partial charge >= 0.3 is 0 Å². The minimum atomic E-state index is -0.287. The van der Waals surface area contributed by atoms with Crippen LogP contribution in [0.1, 0.15) is 38.8 Å². The number of aromatic nitrogens is 1. The fourth-order valence-corrected chi connectivity index (χ4v) is 1.53. The summed E-state index contributed by atoms with van der Waals surface area (Å²) in [6.07, 6.45) is 2.32. The van der Waals surface area contributed by atoms with Crippen molar-refractivity contribution in [1.82, 2.24) is 4.98 Å². The number of aliphatic hydroxyl groups is 1. The van der Waals surface area contributed by atoms with Crippen molar-refractivity contribution in [2.75, 3.05) is 0 Å². The second-order valence-electron chi connectivity index (χ2n) is 4.24. The third-order valence-electron chi connectivity index (χ3n) is 2.44. The Morgan fingerprint density at radius 1 is 1.29 bits per heavy atom. The molecule has 1 aromatic heterocycles. The lowest BCUT2D eigenvalue weighted by Crippen LogP contribution is -2.18. The van der Waals surface area contributed by atoms with Gasteiger partial charge in [0.25, 0.3) is 0 Å². The molecule has 2 atom stereocenters. The molecule has 0 aliphatic rings. The van der Waals surface area contributed by atoms with Gasteiger partial charge in [-0.1, -0.05) is 26.8 Å². The summed E-state index contributed by atoms with van der Waals surface area (Å²) in [5.41, 5.74) is 0.973. The molecule has 78 valence electrons. The molecular formula is C12H19NO. The minimum Gasteiger partial charge on any atom is -0.392 e. The molecule has 1 N–H and O–H groups in total. The first-order valence-corrected chi connectivity index (χ1v) is 5.20. The van der Waals surface area contributed by atoms with E-state index in [1.807, 2.05) is 25.1 Å². The van der Waals surface area contributed by atoms with Gasteiger partial charge in [-0.3, -0.25) is 4.98 Å². The lowest BCUT2D eigenvalue weighted by atomic mass is 9.93. The normalized spacial score (nSPS) is 15.5. The second-order valence-corrected chi connectivity index (χ2v) is 4.24. The molecule has 1 rings (SSSR count). The molecule has 0 aliphatic carbocycles. The number of pyridine rings is 1. The molecule has 14 heavy (non-hydrogen) atoms. The van der Waals surface area contributed by atoms with Crippen LogP contribution in [0.2, 0.25) is 0 Å². The van der Waals surface area contributed by atoms with Crippen LogP contribution in [-0.2, 0) is 0 Å². The molecule has 2 nitrogen and oxygen atoms in total. The number of rotatable bonds is 4. The summed E-state index contributed by atoms with van der Waals surface area (Å²) in [5, 5.41) is 9.90. The van der Waals surface area contributed by atoms with E-state index in [1.165, 1.54) is 0 Å². The zero-order chi connectivity index (χ0) is 10.6. The highest BCUT2D eigenvalue weighted by Crippen LogP contribution is 2.21. The average Bonchev–Trinajstić information content (AvgIpc) is 2.17. The number of hydrogen-bond donors (Lipinski definition) is 1. The topological polar surface area (TPSA) is 33.1 Å². The summed E-state index contributed by atoms with van der Waals surface area (Å²) in [7, 11) is 0. The maximum atomic E-state index is 9.90. The van der Waals surface area contributed by atoms with Gasteiger partial charge in [-0.15, -0.1) is 0 Å². The largest absolute Gasteiger partial charge is 0.392 e. The maximum Gasteiger partial charge on any atom is 0.0623 e. The van der Waals surface area contributed by atoms with E-state index in [9.17, 15) is 5.11 Å². The number of nitrogens with zero attached hydrogens (tertiary/aromatic N) is 1. The van der Waals surface area contributed by atoms with Gasteiger partial charge in [-0.2, -0.15) is 0 Å². The van der Waals surface area contributed by atoms with Crippen LogP contribution in [0.3, 0.4) is 0 Å². The lowest BCUT2D eigenvalue weighted by Gasteiger charge is -2.19. The molecule has 0 radical (unpaired) electrons. The average molecular weight is 193 g/mol. The van der Waals surface area contributed by atoms with Gasteiger partial charge in [0, 0.05) is 17.8 Å². The molecule has 0 aromatic carbocycles. The van der Waals surface area contributed by atoms with E-state index >= 15 is 0 Å². The minimum absolute atomic E-state index is 0.124. The molecule has 0 bridgehead atoms. The maximum absolute atomic E-state index is 9.90. The summed E-state index contributed by atoms with van der Waals surface area (Å²) in [5.74, 6) is 0.648. The van der Waals surface area contributed by atoms with Gasteiger partial charge in [0.05, 0.1) is 6.10 Å². The Kier molecular flexibility index (Phi) is 4.08. The molecule has 0 amide bonds. The van der Waals surface area contributed by atoms with Gasteiger partial charge < -0.3 is 5.11 Å². The third-order valence-corrected chi connectivity index (χ3v) is 2.44. The zero-order valence-electron chi connectivity index (χ0n) is 9.14. The quantitative estimate of drug-likeness (QED) is 0.797. The van der Waals surface area contributed by atoms with Crippen molar-refractivity contribution in [2.24, 2.45) is 5.92 Å². The van der Waals surface area contributed by atoms with E-state index in [1.54, 1.807) is 6.20 Å². The first-order valence-electron chi connectivity index (χ1n) is 5.20. The van der Waals surface area contributed by atoms with Crippen LogP contribution in [0.15, 0.2) is 24.4 Å². The molecule has 0 saturated carbocycles. The Hall–Kier alpha value is -0.890. The first-order chi connectivity index (χ1) is 6.61. The van der Waals surface area contributed by atoms with E-state index in [0.29, 0.717) is 5.92 Å². The van der Waals surface area contributed by atoms with E-state index in [2.05, 4.69) is 18.8 Å². The molecule has 0 spiro atoms. The van der Waals surface area contributed by atoms with Gasteiger partial charge in [0.15, 0.2) is 0 Å². The zero-order valence-corrected chi connectivity index (χ0v) is 9.14. The molecule has 0 fully saturated rings. The fourth-order valence-electron chi connectivity index (χ4n) is 1.53. The molecule has 1 heterocycles. The van der Waals surface area contributed by atoms with Crippen molar-refractivity contribution in [3.8, 4) is 0 Å². The van der Waals surface area contributed by atoms with Crippen LogP contribution < -0.4 is 0 Å². The summed E-state index contributed by atoms with van der Waals surface area (Å²) in [4.78, 5) is 4.25. The number of aliphatic hydroxyl groups excluding tert-OH is 1. The smallest absolute Gasteiger partial charge is 0.0623 e. The van der Waals surface area contributed by atoms with E-state index < -0.39 is 0 Å². The fraction of sp³-hybridized carbons (Fsp3) is 0.583. The highest BCUT2D eigenvalue weighted by Gasteiger charge is 2.17. The van der Waals surface area contributed by atoms with Crippen LogP contribution >= 0.6 is 0 Å². The Labute approximate surface area is 86.0 Å². The summed E-state index contributed by atoms with van der Waals surface area (Å²) >= 11 is 0. The van der Waals surface area contributed by atoms with Crippen molar-refractivity contribution in [2.45, 2.75) is 39.2 Å². The van der Waals surface area contributed by atoms with Gasteiger partial charge in [-0.05, 0) is 24.5 Å². The van der Waals surface area contributed by atoms with Crippen LogP contribution in [-0.4, -0.2) is 16.2 Å². The highest BCUT2D eigenvalue weighted by molar-refractivity contribution is 5.09. The summed E-state index contributed by atoms with van der Waals surface area (Å²) < 4.78 is 0. The van der Waals surface area contributed by atoms with Crippen molar-refractivity contribution < 1.29 is 5.11 Å². The van der Waals surface area contributed by atoms with Gasteiger partial charge in [-0.25, -0.2) is 0 Å². The Bertz CT molecular complexity index is 258. The van der Waals surface area contributed by atoms with Crippen molar-refractivity contribution in [1.29, 1.82) is 0 Å². The molecule has 2 unspecified atom stereocenters. The molecule has 0 saturated heterocycles. The predicted octanol–water partition coefficient (Wildman–Crippen LogP) is 2.59. The Morgan fingerprint density at radius 3 is 2.50 bits per heavy atom. The third kappa shape index (κ3) is 3.11. The lowest BCUT2D eigenvalue weighted by molar-refractivity contribution is 0.124. The van der Waals surface area contributed by atoms with E-state index in [4.69, 9.17) is 0 Å². The van der Waals surface area contributed by atoms with Gasteiger partial charge in [0.1, 0.15) is 0 Å². The molecule has 0 aliphatic heterocycles. The molecule has 2 heteroatoms. The highest BCUT2D eigenvalue weighted by atomic mass is 16.3. The molecular weight excluding hydrogens is 174 g/mol. The van der Waals surface area contributed by atoms with Crippen molar-refractivity contribution >= 4 is 0 Å². The second kappa shape index (κ2) is 5.11. The van der Waals surface area contributed by atoms with Crippen molar-refractivity contribution in [3.05, 3.63) is 30.1 Å². The monoisotopic (exact) mass is 193 g/mol. The van der Waals surface area contributed by atoms with E-state index in [-0.39, 0.29) is 12.0 Å². The van der Waals surface area contributed by atoms with E-state index in [0.717, 1.165) is 12.1 Å². The molecule has 1 aromatic rings. The van der Waals surface area contributed by atoms with Crippen LogP contribution in [0.25, 0.3) is 0 Å².